The number of likely N-dealkylation sites (tertiary alicyclic amines) is 1. The third-order valence-electron chi connectivity index (χ3n) is 4.62. The summed E-state index contributed by atoms with van der Waals surface area (Å²) in [6, 6.07) is 10.0. The molecule has 2 unspecified atom stereocenters. The smallest absolute Gasteiger partial charge is 0.0451 e. The van der Waals surface area contributed by atoms with E-state index in [1.54, 1.807) is 0 Å². The van der Waals surface area contributed by atoms with E-state index in [2.05, 4.69) is 62.2 Å². The number of nitrogens with one attached hydrogen (secondary N) is 1. The minimum atomic E-state index is 0.459. The summed E-state index contributed by atoms with van der Waals surface area (Å²) in [7, 11) is 0. The molecule has 1 N–H and O–H groups in total. The lowest BCUT2D eigenvalue weighted by molar-refractivity contribution is 0.186. The van der Waals surface area contributed by atoms with E-state index < -0.39 is 0 Å². The largest absolute Gasteiger partial charge is 0.309 e. The Kier molecular flexibility index (Phi) is 5.62. The maximum absolute atomic E-state index is 3.68. The topological polar surface area (TPSA) is 15.3 Å². The van der Waals surface area contributed by atoms with Crippen molar-refractivity contribution in [3.63, 3.8) is 0 Å². The Labute approximate surface area is 124 Å². The van der Waals surface area contributed by atoms with Gasteiger partial charge in [-0.1, -0.05) is 45.0 Å². The zero-order chi connectivity index (χ0) is 14.5. The number of benzene rings is 1. The molecule has 0 aromatic heterocycles. The average Bonchev–Trinajstić information content (AvgIpc) is 2.87. The van der Waals surface area contributed by atoms with Crippen molar-refractivity contribution in [3.8, 4) is 0 Å². The molecule has 1 fully saturated rings. The molecule has 2 rings (SSSR count). The molecule has 2 atom stereocenters. The van der Waals surface area contributed by atoms with Crippen molar-refractivity contribution in [1.82, 2.24) is 10.2 Å². The molecule has 2 heteroatoms. The zero-order valence-electron chi connectivity index (χ0n) is 13.5. The summed E-state index contributed by atoms with van der Waals surface area (Å²) >= 11 is 0. The van der Waals surface area contributed by atoms with Crippen LogP contribution in [0.4, 0.5) is 0 Å². The summed E-state index contributed by atoms with van der Waals surface area (Å²) in [5.74, 6) is 0.761. The highest BCUT2D eigenvalue weighted by molar-refractivity contribution is 5.29. The highest BCUT2D eigenvalue weighted by Gasteiger charge is 2.29. The number of likely N-dealkylation sites (N-methyl/N-ethyl adjacent to an activating group) is 1. The average molecular weight is 274 g/mol. The van der Waals surface area contributed by atoms with Crippen molar-refractivity contribution in [3.05, 3.63) is 35.4 Å². The van der Waals surface area contributed by atoms with Gasteiger partial charge in [0.15, 0.2) is 0 Å². The molecule has 0 spiro atoms. The second kappa shape index (κ2) is 7.24. The van der Waals surface area contributed by atoms with Gasteiger partial charge in [-0.25, -0.2) is 0 Å². The van der Waals surface area contributed by atoms with Gasteiger partial charge in [-0.3, -0.25) is 4.90 Å². The second-order valence-electron chi connectivity index (χ2n) is 6.42. The lowest BCUT2D eigenvalue weighted by Crippen LogP contribution is -2.40. The Morgan fingerprint density at radius 2 is 2.05 bits per heavy atom. The van der Waals surface area contributed by atoms with Gasteiger partial charge in [0.05, 0.1) is 0 Å². The van der Waals surface area contributed by atoms with Crippen molar-refractivity contribution in [2.45, 2.75) is 52.6 Å². The minimum Gasteiger partial charge on any atom is -0.309 e. The van der Waals surface area contributed by atoms with Crippen molar-refractivity contribution < 1.29 is 0 Å². The number of hydrogen-bond donors (Lipinski definition) is 1. The van der Waals surface area contributed by atoms with Crippen molar-refractivity contribution >= 4 is 0 Å². The first-order valence-corrected chi connectivity index (χ1v) is 8.16. The highest BCUT2D eigenvalue weighted by Crippen LogP contribution is 2.27. The van der Waals surface area contributed by atoms with Crippen LogP contribution in [0, 0.1) is 12.8 Å². The van der Waals surface area contributed by atoms with Crippen molar-refractivity contribution in [2.24, 2.45) is 5.92 Å². The maximum atomic E-state index is 3.68. The predicted molar refractivity (Wildman–Crippen MR) is 87.0 cm³/mol. The summed E-state index contributed by atoms with van der Waals surface area (Å²) in [5.41, 5.74) is 2.86. The van der Waals surface area contributed by atoms with E-state index >= 15 is 0 Å². The van der Waals surface area contributed by atoms with E-state index in [9.17, 15) is 0 Å². The molecule has 1 aliphatic rings. The van der Waals surface area contributed by atoms with Crippen LogP contribution < -0.4 is 5.32 Å². The van der Waals surface area contributed by atoms with Crippen LogP contribution >= 0.6 is 0 Å². The highest BCUT2D eigenvalue weighted by atomic mass is 15.2. The van der Waals surface area contributed by atoms with E-state index in [1.807, 2.05) is 0 Å². The molecule has 1 saturated heterocycles. The minimum absolute atomic E-state index is 0.459. The lowest BCUT2D eigenvalue weighted by atomic mass is 9.98. The van der Waals surface area contributed by atoms with Crippen molar-refractivity contribution in [2.75, 3.05) is 19.6 Å². The molecule has 0 bridgehead atoms. The fourth-order valence-electron chi connectivity index (χ4n) is 3.57. The van der Waals surface area contributed by atoms with Gasteiger partial charge >= 0.3 is 0 Å². The van der Waals surface area contributed by atoms with Gasteiger partial charge in [0.2, 0.25) is 0 Å². The predicted octanol–water partition coefficient (Wildman–Crippen LogP) is 3.77. The Hall–Kier alpha value is -0.860. The number of rotatable bonds is 6. The van der Waals surface area contributed by atoms with Crippen LogP contribution in [0.25, 0.3) is 0 Å². The first kappa shape index (κ1) is 15.5. The van der Waals surface area contributed by atoms with Gasteiger partial charge in [0.1, 0.15) is 0 Å². The van der Waals surface area contributed by atoms with Crippen LogP contribution in [-0.2, 0) is 0 Å². The molecule has 0 saturated carbocycles. The summed E-state index contributed by atoms with van der Waals surface area (Å²) in [6.45, 7) is 12.6. The second-order valence-corrected chi connectivity index (χ2v) is 6.42. The van der Waals surface area contributed by atoms with E-state index in [4.69, 9.17) is 0 Å². The SMILES string of the molecule is CCNC(CN1CCCC1C(C)C)c1ccccc1C. The van der Waals surface area contributed by atoms with E-state index in [1.165, 1.54) is 30.5 Å². The zero-order valence-corrected chi connectivity index (χ0v) is 13.5. The van der Waals surface area contributed by atoms with Crippen LogP contribution in [-0.4, -0.2) is 30.6 Å². The summed E-state index contributed by atoms with van der Waals surface area (Å²) in [5, 5.41) is 3.68. The quantitative estimate of drug-likeness (QED) is 0.849. The number of hydrogen-bond acceptors (Lipinski definition) is 2. The Bertz CT molecular complexity index is 414. The Balaban J connectivity index is 2.12. The molecule has 1 aliphatic heterocycles. The van der Waals surface area contributed by atoms with Gasteiger partial charge in [-0.05, 0) is 49.9 Å². The van der Waals surface area contributed by atoms with Gasteiger partial charge < -0.3 is 5.32 Å². The monoisotopic (exact) mass is 274 g/mol. The summed E-state index contributed by atoms with van der Waals surface area (Å²) in [6.07, 6.45) is 2.72. The van der Waals surface area contributed by atoms with Crippen LogP contribution in [0.1, 0.15) is 50.8 Å². The van der Waals surface area contributed by atoms with Crippen LogP contribution in [0.3, 0.4) is 0 Å². The fraction of sp³-hybridized carbons (Fsp3) is 0.667. The van der Waals surface area contributed by atoms with E-state index in [0.29, 0.717) is 6.04 Å². The Morgan fingerprint density at radius 3 is 2.70 bits per heavy atom. The molecule has 1 aromatic rings. The molecular weight excluding hydrogens is 244 g/mol. The van der Waals surface area contributed by atoms with Crippen LogP contribution in [0.2, 0.25) is 0 Å². The first-order chi connectivity index (χ1) is 9.63. The summed E-state index contributed by atoms with van der Waals surface area (Å²) in [4.78, 5) is 2.70. The Morgan fingerprint density at radius 1 is 1.30 bits per heavy atom. The fourth-order valence-corrected chi connectivity index (χ4v) is 3.57. The third-order valence-corrected chi connectivity index (χ3v) is 4.62. The number of nitrogens with zero attached hydrogens (tertiary/aromatic N) is 1. The molecule has 20 heavy (non-hydrogen) atoms. The molecule has 2 nitrogen and oxygen atoms in total. The van der Waals surface area contributed by atoms with E-state index in [-0.39, 0.29) is 0 Å². The van der Waals surface area contributed by atoms with Gasteiger partial charge in [-0.15, -0.1) is 0 Å². The van der Waals surface area contributed by atoms with E-state index in [0.717, 1.165) is 25.0 Å². The molecule has 112 valence electrons. The first-order valence-electron chi connectivity index (χ1n) is 8.16. The molecule has 0 radical (unpaired) electrons. The van der Waals surface area contributed by atoms with Crippen LogP contribution in [0.5, 0.6) is 0 Å². The molecule has 0 aliphatic carbocycles. The van der Waals surface area contributed by atoms with Gasteiger partial charge in [0.25, 0.3) is 0 Å². The maximum Gasteiger partial charge on any atom is 0.0451 e. The normalized spacial score (nSPS) is 21.6. The standard InChI is InChI=1S/C18H30N2/c1-5-19-17(16-10-7-6-9-15(16)4)13-20-12-8-11-18(20)14(2)3/h6-7,9-10,14,17-19H,5,8,11-13H2,1-4H3. The molecule has 1 aromatic carbocycles. The van der Waals surface area contributed by atoms with Gasteiger partial charge in [-0.2, -0.15) is 0 Å². The van der Waals surface area contributed by atoms with Gasteiger partial charge in [0, 0.05) is 18.6 Å². The van der Waals surface area contributed by atoms with Crippen LogP contribution in [0.15, 0.2) is 24.3 Å². The van der Waals surface area contributed by atoms with Crippen molar-refractivity contribution in [1.29, 1.82) is 0 Å². The number of aryl methyl sites for hydroxylation is 1. The third kappa shape index (κ3) is 3.62. The lowest BCUT2D eigenvalue weighted by Gasteiger charge is -2.32. The summed E-state index contributed by atoms with van der Waals surface area (Å²) < 4.78 is 0. The molecule has 1 heterocycles. The molecular formula is C18H30N2. The molecule has 0 amide bonds.